The van der Waals surface area contributed by atoms with Crippen molar-refractivity contribution in [3.05, 3.63) is 58.0 Å². The first-order valence-electron chi connectivity index (χ1n) is 8.46. The maximum Gasteiger partial charge on any atom is 0.255 e. The Kier molecular flexibility index (Phi) is 4.33. The Morgan fingerprint density at radius 2 is 1.84 bits per heavy atom. The highest BCUT2D eigenvalue weighted by molar-refractivity contribution is 5.98. The van der Waals surface area contributed by atoms with Gasteiger partial charge in [-0.25, -0.2) is 0 Å². The zero-order chi connectivity index (χ0) is 18.3. The van der Waals surface area contributed by atoms with Crippen LogP contribution in [0.25, 0.3) is 10.9 Å². The number of benzene rings is 1. The van der Waals surface area contributed by atoms with Crippen LogP contribution in [0.2, 0.25) is 0 Å². The average molecular weight is 336 g/mol. The molecule has 0 bridgehead atoms. The van der Waals surface area contributed by atoms with Crippen LogP contribution in [0.15, 0.2) is 24.3 Å². The molecule has 0 fully saturated rings. The number of nitrogens with zero attached hydrogens (tertiary/aromatic N) is 3. The third-order valence-corrected chi connectivity index (χ3v) is 4.90. The van der Waals surface area contributed by atoms with Gasteiger partial charge in [0.15, 0.2) is 0 Å². The van der Waals surface area contributed by atoms with Crippen molar-refractivity contribution in [1.29, 1.82) is 0 Å². The topological polar surface area (TPSA) is 61.9 Å². The molecule has 1 atom stereocenters. The number of hydrogen-bond donors (Lipinski definition) is 1. The number of nitrogens with one attached hydrogen (secondary N) is 1. The van der Waals surface area contributed by atoms with Crippen LogP contribution in [0.4, 0.5) is 0 Å². The molecule has 3 rings (SSSR count). The van der Waals surface area contributed by atoms with Gasteiger partial charge in [0.2, 0.25) is 0 Å². The molecule has 1 amide bonds. The number of aryl methyl sites for hydroxylation is 4. The quantitative estimate of drug-likeness (QED) is 0.785. The molecule has 0 aliphatic rings. The molecule has 0 saturated carbocycles. The molecule has 1 N–H and O–H groups in total. The summed E-state index contributed by atoms with van der Waals surface area (Å²) >= 11 is 0. The van der Waals surface area contributed by atoms with Gasteiger partial charge in [0.1, 0.15) is 0 Å². The predicted molar refractivity (Wildman–Crippen MR) is 99.8 cm³/mol. The Bertz CT molecular complexity index is 938. The first-order valence-corrected chi connectivity index (χ1v) is 8.46. The van der Waals surface area contributed by atoms with E-state index >= 15 is 0 Å². The summed E-state index contributed by atoms with van der Waals surface area (Å²) in [5.74, 6) is -0.0269. The molecule has 0 aliphatic heterocycles. The number of hydrogen-bond acceptors (Lipinski definition) is 3. The van der Waals surface area contributed by atoms with Crippen molar-refractivity contribution >= 4 is 16.8 Å². The molecule has 0 radical (unpaired) electrons. The predicted octanol–water partition coefficient (Wildman–Crippen LogP) is 4.02. The van der Waals surface area contributed by atoms with Crippen LogP contribution in [0.3, 0.4) is 0 Å². The normalized spacial score (nSPS) is 12.4. The lowest BCUT2D eigenvalue weighted by molar-refractivity contribution is 0.0741. The van der Waals surface area contributed by atoms with E-state index in [2.05, 4.69) is 21.2 Å². The van der Waals surface area contributed by atoms with Gasteiger partial charge in [-0.05, 0) is 52.8 Å². The molecule has 5 heteroatoms. The number of carbonyl (C=O) groups excluding carboxylic acids is 1. The van der Waals surface area contributed by atoms with Crippen LogP contribution in [-0.2, 0) is 0 Å². The molecular weight excluding hydrogens is 312 g/mol. The van der Waals surface area contributed by atoms with Crippen LogP contribution in [0, 0.1) is 27.7 Å². The molecule has 0 spiro atoms. The van der Waals surface area contributed by atoms with E-state index in [4.69, 9.17) is 0 Å². The minimum atomic E-state index is -0.0705. The SMILES string of the molecule is Cc1ccc2nc(C)c(C(=O)N(C)C(C)c3c(C)n[nH]c3C)cc2c1. The molecule has 3 aromatic rings. The second-order valence-electron chi connectivity index (χ2n) is 6.76. The highest BCUT2D eigenvalue weighted by atomic mass is 16.2. The number of rotatable bonds is 3. The second kappa shape index (κ2) is 6.31. The fraction of sp³-hybridized carbons (Fsp3) is 0.350. The van der Waals surface area contributed by atoms with E-state index in [1.165, 1.54) is 0 Å². The smallest absolute Gasteiger partial charge is 0.255 e. The Morgan fingerprint density at radius 1 is 1.12 bits per heavy atom. The lowest BCUT2D eigenvalue weighted by Gasteiger charge is -2.26. The third kappa shape index (κ3) is 3.02. The Labute approximate surface area is 148 Å². The van der Waals surface area contributed by atoms with Crippen LogP contribution in [0.5, 0.6) is 0 Å². The molecule has 2 aromatic heterocycles. The highest BCUT2D eigenvalue weighted by Crippen LogP contribution is 2.27. The largest absolute Gasteiger partial charge is 0.335 e. The summed E-state index contributed by atoms with van der Waals surface area (Å²) in [5.41, 5.74) is 6.45. The van der Waals surface area contributed by atoms with E-state index in [0.29, 0.717) is 5.56 Å². The Morgan fingerprint density at radius 3 is 2.48 bits per heavy atom. The van der Waals surface area contributed by atoms with Gasteiger partial charge in [0, 0.05) is 23.7 Å². The zero-order valence-electron chi connectivity index (χ0n) is 15.6. The number of H-pyrrole nitrogens is 1. The lowest BCUT2D eigenvalue weighted by atomic mass is 10.0. The molecule has 5 nitrogen and oxygen atoms in total. The minimum Gasteiger partial charge on any atom is -0.335 e. The van der Waals surface area contributed by atoms with E-state index in [1.54, 1.807) is 4.90 Å². The van der Waals surface area contributed by atoms with Crippen LogP contribution in [0.1, 0.15) is 51.5 Å². The standard InChI is InChI=1S/C20H24N4O/c1-11-7-8-18-16(9-11)10-17(12(2)21-18)20(25)24(6)15(5)19-13(3)22-23-14(19)4/h7-10,15H,1-6H3,(H,22,23). The molecule has 0 saturated heterocycles. The maximum absolute atomic E-state index is 13.1. The molecule has 0 aliphatic carbocycles. The average Bonchev–Trinajstić information content (AvgIpc) is 2.91. The summed E-state index contributed by atoms with van der Waals surface area (Å²) in [6.07, 6.45) is 0. The Hall–Kier alpha value is -2.69. The summed E-state index contributed by atoms with van der Waals surface area (Å²) in [6, 6.07) is 7.97. The number of aromatic nitrogens is 3. The first kappa shape index (κ1) is 17.1. The fourth-order valence-electron chi connectivity index (χ4n) is 3.34. The van der Waals surface area contributed by atoms with Crippen molar-refractivity contribution < 1.29 is 4.79 Å². The fourth-order valence-corrected chi connectivity index (χ4v) is 3.34. The molecule has 25 heavy (non-hydrogen) atoms. The van der Waals surface area contributed by atoms with E-state index in [-0.39, 0.29) is 11.9 Å². The number of carbonyl (C=O) groups is 1. The van der Waals surface area contributed by atoms with Crippen molar-refractivity contribution in [2.75, 3.05) is 7.05 Å². The number of aromatic amines is 1. The van der Waals surface area contributed by atoms with E-state index in [9.17, 15) is 4.79 Å². The molecule has 130 valence electrons. The Balaban J connectivity index is 1.99. The van der Waals surface area contributed by atoms with Gasteiger partial charge in [-0.1, -0.05) is 11.6 Å². The van der Waals surface area contributed by atoms with Crippen molar-refractivity contribution in [1.82, 2.24) is 20.1 Å². The van der Waals surface area contributed by atoms with E-state index < -0.39 is 0 Å². The molecule has 1 unspecified atom stereocenters. The van der Waals surface area contributed by atoms with Crippen LogP contribution >= 0.6 is 0 Å². The van der Waals surface area contributed by atoms with Gasteiger partial charge in [0.05, 0.1) is 28.5 Å². The first-order chi connectivity index (χ1) is 11.8. The lowest BCUT2D eigenvalue weighted by Crippen LogP contribution is -2.31. The highest BCUT2D eigenvalue weighted by Gasteiger charge is 2.24. The summed E-state index contributed by atoms with van der Waals surface area (Å²) in [5, 5.41) is 8.23. The van der Waals surface area contributed by atoms with Crippen molar-refractivity contribution in [3.8, 4) is 0 Å². The van der Waals surface area contributed by atoms with Crippen LogP contribution in [-0.4, -0.2) is 33.0 Å². The van der Waals surface area contributed by atoms with Crippen molar-refractivity contribution in [2.24, 2.45) is 0 Å². The summed E-state index contributed by atoms with van der Waals surface area (Å²) in [6.45, 7) is 9.89. The molecule has 1 aromatic carbocycles. The number of amides is 1. The summed E-state index contributed by atoms with van der Waals surface area (Å²) in [7, 11) is 1.83. The van der Waals surface area contributed by atoms with E-state index in [1.807, 2.05) is 59.9 Å². The van der Waals surface area contributed by atoms with Crippen LogP contribution < -0.4 is 0 Å². The summed E-state index contributed by atoms with van der Waals surface area (Å²) < 4.78 is 0. The second-order valence-corrected chi connectivity index (χ2v) is 6.76. The van der Waals surface area contributed by atoms with Gasteiger partial charge >= 0.3 is 0 Å². The van der Waals surface area contributed by atoms with Gasteiger partial charge < -0.3 is 4.90 Å². The molecular formula is C20H24N4O. The monoisotopic (exact) mass is 336 g/mol. The van der Waals surface area contributed by atoms with Crippen molar-refractivity contribution in [2.45, 2.75) is 40.7 Å². The van der Waals surface area contributed by atoms with E-state index in [0.717, 1.165) is 39.1 Å². The summed E-state index contributed by atoms with van der Waals surface area (Å²) in [4.78, 5) is 19.5. The maximum atomic E-state index is 13.1. The zero-order valence-corrected chi connectivity index (χ0v) is 15.6. The van der Waals surface area contributed by atoms with Gasteiger partial charge in [0.25, 0.3) is 5.91 Å². The van der Waals surface area contributed by atoms with Gasteiger partial charge in [-0.2, -0.15) is 5.10 Å². The van der Waals surface area contributed by atoms with Crippen molar-refractivity contribution in [3.63, 3.8) is 0 Å². The molecule has 2 heterocycles. The van der Waals surface area contributed by atoms with Gasteiger partial charge in [-0.3, -0.25) is 14.9 Å². The minimum absolute atomic E-state index is 0.0269. The number of fused-ring (bicyclic) bond motifs is 1. The van der Waals surface area contributed by atoms with Gasteiger partial charge in [-0.15, -0.1) is 0 Å². The third-order valence-electron chi connectivity index (χ3n) is 4.90. The number of pyridine rings is 1.